The summed E-state index contributed by atoms with van der Waals surface area (Å²) >= 11 is 0. The Hall–Kier alpha value is -2.74. The average Bonchev–Trinajstić information content (AvgIpc) is 2.68. The molecule has 0 aliphatic rings. The molecule has 2 nitrogen and oxygen atoms in total. The maximum Gasteiger partial charge on any atom is 0.212 e. The highest BCUT2D eigenvalue weighted by Crippen LogP contribution is 2.16. The molecule has 2 heterocycles. The monoisotopic (exact) mass is 342 g/mol. The van der Waals surface area contributed by atoms with Crippen LogP contribution in [0.5, 0.6) is 0 Å². The number of benzene rings is 2. The Morgan fingerprint density at radius 3 is 1.50 bits per heavy atom. The van der Waals surface area contributed by atoms with Gasteiger partial charge in [-0.3, -0.25) is 0 Å². The largest absolute Gasteiger partial charge is 0.212 e. The molecule has 0 fully saturated rings. The number of rotatable bonds is 5. The number of nitrogens with zero attached hydrogens (tertiary/aromatic N) is 2. The van der Waals surface area contributed by atoms with Gasteiger partial charge >= 0.3 is 0 Å². The van der Waals surface area contributed by atoms with Crippen LogP contribution in [0.15, 0.2) is 85.2 Å². The first-order valence-electron chi connectivity index (χ1n) is 9.47. The van der Waals surface area contributed by atoms with Crippen molar-refractivity contribution < 1.29 is 9.13 Å². The lowest BCUT2D eigenvalue weighted by molar-refractivity contribution is -0.715. The summed E-state index contributed by atoms with van der Waals surface area (Å²) in [5.41, 5.74) is 2.62. The average molecular weight is 342 g/mol. The molecule has 0 bridgehead atoms. The Labute approximate surface area is 155 Å². The summed E-state index contributed by atoms with van der Waals surface area (Å²) in [5.74, 6) is 1.16. The van der Waals surface area contributed by atoms with Gasteiger partial charge in [-0.1, -0.05) is 38.1 Å². The smallest absolute Gasteiger partial charge is 0.198 e. The lowest BCUT2D eigenvalue weighted by atomic mass is 9.95. The van der Waals surface area contributed by atoms with E-state index < -0.39 is 0 Å². The van der Waals surface area contributed by atoms with E-state index in [0.717, 1.165) is 13.1 Å². The molecule has 0 amide bonds. The predicted octanol–water partition coefficient (Wildman–Crippen LogP) is 4.54. The first kappa shape index (κ1) is 16.7. The van der Waals surface area contributed by atoms with Crippen LogP contribution in [0.4, 0.5) is 0 Å². The fourth-order valence-electron chi connectivity index (χ4n) is 3.74. The zero-order valence-electron chi connectivity index (χ0n) is 15.5. The number of para-hydroxylation sites is 2. The first-order valence-corrected chi connectivity index (χ1v) is 9.47. The van der Waals surface area contributed by atoms with Crippen molar-refractivity contribution in [1.29, 1.82) is 0 Å². The maximum atomic E-state index is 2.41. The summed E-state index contributed by atoms with van der Waals surface area (Å²) in [6.07, 6.45) is 4.43. The molecular formula is C24H26N2+2. The van der Waals surface area contributed by atoms with Crippen molar-refractivity contribution in [2.45, 2.75) is 26.9 Å². The summed E-state index contributed by atoms with van der Waals surface area (Å²) in [4.78, 5) is 0. The maximum absolute atomic E-state index is 2.41. The van der Waals surface area contributed by atoms with Gasteiger partial charge in [-0.15, -0.1) is 0 Å². The van der Waals surface area contributed by atoms with Crippen LogP contribution >= 0.6 is 0 Å². The van der Waals surface area contributed by atoms with Crippen LogP contribution in [0.1, 0.15) is 13.8 Å². The van der Waals surface area contributed by atoms with E-state index in [2.05, 4.69) is 108 Å². The third-order valence-corrected chi connectivity index (χ3v) is 5.38. The zero-order chi connectivity index (χ0) is 17.9. The molecule has 0 atom stereocenters. The Morgan fingerprint density at radius 2 is 1.04 bits per heavy atom. The lowest BCUT2D eigenvalue weighted by Gasteiger charge is -2.16. The van der Waals surface area contributed by atoms with Gasteiger partial charge in [0.1, 0.15) is 0 Å². The molecule has 0 radical (unpaired) electrons. The molecule has 0 aliphatic carbocycles. The molecule has 4 aromatic rings. The minimum atomic E-state index is 0.557. The fourth-order valence-corrected chi connectivity index (χ4v) is 3.74. The van der Waals surface area contributed by atoms with Crippen molar-refractivity contribution in [3.63, 3.8) is 0 Å². The Kier molecular flexibility index (Phi) is 4.66. The van der Waals surface area contributed by atoms with E-state index >= 15 is 0 Å². The second-order valence-corrected chi connectivity index (χ2v) is 7.44. The third kappa shape index (κ3) is 3.32. The van der Waals surface area contributed by atoms with E-state index in [9.17, 15) is 0 Å². The van der Waals surface area contributed by atoms with E-state index in [1.165, 1.54) is 21.8 Å². The van der Waals surface area contributed by atoms with Gasteiger partial charge in [0, 0.05) is 35.0 Å². The minimum absolute atomic E-state index is 0.557. The highest BCUT2D eigenvalue weighted by Gasteiger charge is 2.25. The van der Waals surface area contributed by atoms with Crippen LogP contribution in [0, 0.1) is 11.8 Å². The van der Waals surface area contributed by atoms with Gasteiger partial charge in [0.15, 0.2) is 25.5 Å². The van der Waals surface area contributed by atoms with Crippen molar-refractivity contribution >= 4 is 21.8 Å². The van der Waals surface area contributed by atoms with Gasteiger partial charge < -0.3 is 0 Å². The second-order valence-electron chi connectivity index (χ2n) is 7.44. The number of hydrogen-bond donors (Lipinski definition) is 0. The summed E-state index contributed by atoms with van der Waals surface area (Å²) < 4.78 is 4.82. The summed E-state index contributed by atoms with van der Waals surface area (Å²) in [5, 5.41) is 2.60. The normalized spacial score (nSPS) is 11.7. The first-order chi connectivity index (χ1) is 12.7. The number of hydrogen-bond acceptors (Lipinski definition) is 0. The van der Waals surface area contributed by atoms with Gasteiger partial charge in [-0.2, -0.15) is 9.13 Å². The molecule has 0 saturated heterocycles. The molecule has 0 N–H and O–H groups in total. The van der Waals surface area contributed by atoms with Gasteiger partial charge in [0.2, 0.25) is 11.0 Å². The van der Waals surface area contributed by atoms with Crippen molar-refractivity contribution in [3.8, 4) is 0 Å². The summed E-state index contributed by atoms with van der Waals surface area (Å²) in [6, 6.07) is 26.0. The Morgan fingerprint density at radius 1 is 0.615 bits per heavy atom. The summed E-state index contributed by atoms with van der Waals surface area (Å²) in [7, 11) is 0. The quantitative estimate of drug-likeness (QED) is 0.470. The molecule has 2 aromatic heterocycles. The molecule has 2 heteroatoms. The fraction of sp³-hybridized carbons (Fsp3) is 0.250. The molecule has 4 rings (SSSR count). The Bertz CT molecular complexity index is 944. The SMILES string of the molecule is CC(C)C(C[n+]1cccc2ccccc21)C[n+]1cccc2ccccc21. The van der Waals surface area contributed by atoms with E-state index in [1.807, 2.05) is 0 Å². The molecule has 0 saturated carbocycles. The van der Waals surface area contributed by atoms with E-state index in [1.54, 1.807) is 0 Å². The topological polar surface area (TPSA) is 7.76 Å². The van der Waals surface area contributed by atoms with Crippen molar-refractivity contribution in [1.82, 2.24) is 0 Å². The lowest BCUT2D eigenvalue weighted by Crippen LogP contribution is -2.46. The molecule has 0 spiro atoms. The second kappa shape index (κ2) is 7.25. The highest BCUT2D eigenvalue weighted by atomic mass is 15.0. The van der Waals surface area contributed by atoms with Crippen LogP contribution < -0.4 is 9.13 Å². The molecule has 2 aromatic carbocycles. The van der Waals surface area contributed by atoms with E-state index in [0.29, 0.717) is 11.8 Å². The van der Waals surface area contributed by atoms with E-state index in [-0.39, 0.29) is 0 Å². The Balaban J connectivity index is 1.68. The van der Waals surface area contributed by atoms with Crippen molar-refractivity contribution in [3.05, 3.63) is 85.2 Å². The number of aromatic nitrogens is 2. The molecular weight excluding hydrogens is 316 g/mol. The molecule has 130 valence electrons. The van der Waals surface area contributed by atoms with Crippen LogP contribution in [0.25, 0.3) is 21.8 Å². The van der Waals surface area contributed by atoms with Crippen LogP contribution in [0.2, 0.25) is 0 Å². The van der Waals surface area contributed by atoms with Crippen molar-refractivity contribution in [2.75, 3.05) is 0 Å². The van der Waals surface area contributed by atoms with Crippen LogP contribution in [0.3, 0.4) is 0 Å². The molecule has 26 heavy (non-hydrogen) atoms. The zero-order valence-corrected chi connectivity index (χ0v) is 15.5. The predicted molar refractivity (Wildman–Crippen MR) is 107 cm³/mol. The summed E-state index contributed by atoms with van der Waals surface area (Å²) in [6.45, 7) is 6.72. The van der Waals surface area contributed by atoms with Crippen molar-refractivity contribution in [2.24, 2.45) is 11.8 Å². The van der Waals surface area contributed by atoms with Gasteiger partial charge in [-0.25, -0.2) is 0 Å². The minimum Gasteiger partial charge on any atom is -0.198 e. The molecule has 0 aliphatic heterocycles. The molecule has 0 unspecified atom stereocenters. The number of pyridine rings is 2. The third-order valence-electron chi connectivity index (χ3n) is 5.38. The van der Waals surface area contributed by atoms with Crippen LogP contribution in [-0.4, -0.2) is 0 Å². The highest BCUT2D eigenvalue weighted by molar-refractivity contribution is 5.75. The van der Waals surface area contributed by atoms with Gasteiger partial charge in [0.05, 0.1) is 5.92 Å². The van der Waals surface area contributed by atoms with Gasteiger partial charge in [-0.05, 0) is 30.2 Å². The van der Waals surface area contributed by atoms with Crippen LogP contribution in [-0.2, 0) is 13.1 Å². The number of fused-ring (bicyclic) bond motifs is 2. The van der Waals surface area contributed by atoms with Gasteiger partial charge in [0.25, 0.3) is 0 Å². The standard InChI is InChI=1S/C24H26N2/c1-19(2)22(17-25-15-7-11-20-9-3-5-13-23(20)25)18-26-16-8-12-21-10-4-6-14-24(21)26/h3-16,19,22H,17-18H2,1-2H3/q+2. The van der Waals surface area contributed by atoms with E-state index in [4.69, 9.17) is 0 Å².